The van der Waals surface area contributed by atoms with Crippen molar-refractivity contribution in [3.63, 3.8) is 0 Å². The summed E-state index contributed by atoms with van der Waals surface area (Å²) in [4.78, 5) is 9.20. The molecule has 0 atom stereocenters. The Morgan fingerprint density at radius 2 is 1.80 bits per heavy atom. The summed E-state index contributed by atoms with van der Waals surface area (Å²) in [5, 5.41) is 0. The van der Waals surface area contributed by atoms with Crippen LogP contribution in [0, 0.1) is 27.7 Å². The maximum absolute atomic E-state index is 4.67. The van der Waals surface area contributed by atoms with E-state index in [-0.39, 0.29) is 0 Å². The first kappa shape index (κ1) is 13.3. The second-order valence-corrected chi connectivity index (χ2v) is 6.00. The van der Waals surface area contributed by atoms with Crippen molar-refractivity contribution in [2.24, 2.45) is 0 Å². The van der Waals surface area contributed by atoms with Crippen molar-refractivity contribution >= 4 is 21.7 Å². The van der Waals surface area contributed by atoms with Gasteiger partial charge in [-0.1, -0.05) is 23.8 Å². The lowest BCUT2D eigenvalue weighted by Gasteiger charge is -2.04. The highest BCUT2D eigenvalue weighted by Crippen LogP contribution is 2.26. The van der Waals surface area contributed by atoms with Gasteiger partial charge in [0.15, 0.2) is 0 Å². The molecule has 20 heavy (non-hydrogen) atoms. The van der Waals surface area contributed by atoms with Crippen molar-refractivity contribution in [3.8, 4) is 11.3 Å². The van der Waals surface area contributed by atoms with E-state index in [1.165, 1.54) is 11.1 Å². The van der Waals surface area contributed by atoms with Crippen LogP contribution in [0.2, 0.25) is 0 Å². The fourth-order valence-electron chi connectivity index (χ4n) is 2.49. The van der Waals surface area contributed by atoms with Gasteiger partial charge in [-0.05, 0) is 49.2 Å². The molecule has 0 bridgehead atoms. The summed E-state index contributed by atoms with van der Waals surface area (Å²) < 4.78 is 3.07. The first-order chi connectivity index (χ1) is 9.47. The summed E-state index contributed by atoms with van der Waals surface area (Å²) in [6, 6.07) is 6.43. The minimum Gasteiger partial charge on any atom is -0.287 e. The highest BCUT2D eigenvalue weighted by Gasteiger charge is 2.12. The molecule has 0 saturated heterocycles. The molecular formula is C16H16BrN3. The molecule has 4 heteroatoms. The normalized spacial score (nSPS) is 11.2. The van der Waals surface area contributed by atoms with Crippen LogP contribution in [-0.2, 0) is 0 Å². The molecule has 0 unspecified atom stereocenters. The summed E-state index contributed by atoms with van der Waals surface area (Å²) in [6.07, 6.45) is 2.06. The van der Waals surface area contributed by atoms with Gasteiger partial charge in [0.05, 0.1) is 15.9 Å². The molecule has 0 radical (unpaired) electrons. The topological polar surface area (TPSA) is 30.2 Å². The molecule has 0 aliphatic heterocycles. The van der Waals surface area contributed by atoms with E-state index in [0.717, 1.165) is 32.9 Å². The number of halogens is 1. The SMILES string of the molecule is Cc1ccc(-c2cn3c(C)c(Br)c(C)nc3n2)c(C)c1. The van der Waals surface area contributed by atoms with E-state index >= 15 is 0 Å². The zero-order chi connectivity index (χ0) is 14.4. The van der Waals surface area contributed by atoms with Crippen molar-refractivity contribution in [2.45, 2.75) is 27.7 Å². The molecule has 3 nitrogen and oxygen atoms in total. The Balaban J connectivity index is 2.26. The molecule has 2 heterocycles. The number of aromatic nitrogens is 3. The van der Waals surface area contributed by atoms with Crippen LogP contribution in [0.3, 0.4) is 0 Å². The Morgan fingerprint density at radius 3 is 2.50 bits per heavy atom. The summed E-state index contributed by atoms with van der Waals surface area (Å²) in [5.41, 5.74) is 6.72. The predicted molar refractivity (Wildman–Crippen MR) is 85.1 cm³/mol. The lowest BCUT2D eigenvalue weighted by atomic mass is 10.0. The maximum atomic E-state index is 4.67. The summed E-state index contributed by atoms with van der Waals surface area (Å²) >= 11 is 3.58. The zero-order valence-electron chi connectivity index (χ0n) is 12.0. The summed E-state index contributed by atoms with van der Waals surface area (Å²) in [6.45, 7) is 8.28. The van der Waals surface area contributed by atoms with Crippen molar-refractivity contribution in [3.05, 3.63) is 51.4 Å². The molecule has 0 aliphatic carbocycles. The largest absolute Gasteiger partial charge is 0.287 e. The van der Waals surface area contributed by atoms with Gasteiger partial charge < -0.3 is 0 Å². The number of rotatable bonds is 1. The molecule has 0 N–H and O–H groups in total. The van der Waals surface area contributed by atoms with Gasteiger partial charge in [-0.2, -0.15) is 0 Å². The number of aryl methyl sites for hydroxylation is 4. The highest BCUT2D eigenvalue weighted by molar-refractivity contribution is 9.10. The minimum atomic E-state index is 0.748. The van der Waals surface area contributed by atoms with Crippen molar-refractivity contribution in [1.29, 1.82) is 0 Å². The van der Waals surface area contributed by atoms with Gasteiger partial charge in [0.25, 0.3) is 0 Å². The standard InChI is InChI=1S/C16H16BrN3/c1-9-5-6-13(10(2)7-9)14-8-20-12(4)15(17)11(3)18-16(20)19-14/h5-8H,1-4H3. The first-order valence-electron chi connectivity index (χ1n) is 6.57. The molecule has 0 amide bonds. The molecule has 3 rings (SSSR count). The number of benzene rings is 1. The van der Waals surface area contributed by atoms with Gasteiger partial charge >= 0.3 is 0 Å². The number of nitrogens with zero attached hydrogens (tertiary/aromatic N) is 3. The molecule has 0 saturated carbocycles. The van der Waals surface area contributed by atoms with Gasteiger partial charge in [0.1, 0.15) is 0 Å². The van der Waals surface area contributed by atoms with E-state index in [4.69, 9.17) is 0 Å². The molecule has 2 aromatic heterocycles. The number of hydrogen-bond acceptors (Lipinski definition) is 2. The van der Waals surface area contributed by atoms with E-state index in [2.05, 4.69) is 71.1 Å². The van der Waals surface area contributed by atoms with E-state index in [0.29, 0.717) is 0 Å². The Kier molecular flexibility index (Phi) is 3.13. The van der Waals surface area contributed by atoms with Crippen LogP contribution in [0.5, 0.6) is 0 Å². The van der Waals surface area contributed by atoms with E-state index < -0.39 is 0 Å². The average Bonchev–Trinajstić information content (AvgIpc) is 2.80. The molecular weight excluding hydrogens is 314 g/mol. The fraction of sp³-hybridized carbons (Fsp3) is 0.250. The van der Waals surface area contributed by atoms with Gasteiger partial charge in [-0.25, -0.2) is 9.97 Å². The second kappa shape index (κ2) is 4.70. The Labute approximate surface area is 126 Å². The lowest BCUT2D eigenvalue weighted by molar-refractivity contribution is 0.996. The third kappa shape index (κ3) is 2.04. The fourth-order valence-corrected chi connectivity index (χ4v) is 2.77. The minimum absolute atomic E-state index is 0.748. The summed E-state index contributed by atoms with van der Waals surface area (Å²) in [7, 11) is 0. The molecule has 0 fully saturated rings. The average molecular weight is 330 g/mol. The van der Waals surface area contributed by atoms with Crippen LogP contribution in [-0.4, -0.2) is 14.4 Å². The molecule has 102 valence electrons. The van der Waals surface area contributed by atoms with Crippen LogP contribution in [0.15, 0.2) is 28.9 Å². The van der Waals surface area contributed by atoms with E-state index in [1.807, 2.05) is 11.3 Å². The van der Waals surface area contributed by atoms with Gasteiger partial charge in [-0.3, -0.25) is 4.40 Å². The molecule has 3 aromatic rings. The highest BCUT2D eigenvalue weighted by atomic mass is 79.9. The Hall–Kier alpha value is -1.68. The molecule has 0 aliphatic rings. The summed E-state index contributed by atoms with van der Waals surface area (Å²) in [5.74, 6) is 0.748. The Bertz CT molecular complexity index is 818. The quantitative estimate of drug-likeness (QED) is 0.662. The van der Waals surface area contributed by atoms with Gasteiger partial charge in [-0.15, -0.1) is 0 Å². The number of hydrogen-bond donors (Lipinski definition) is 0. The van der Waals surface area contributed by atoms with Crippen LogP contribution in [0.4, 0.5) is 0 Å². The van der Waals surface area contributed by atoms with Crippen molar-refractivity contribution in [2.75, 3.05) is 0 Å². The van der Waals surface area contributed by atoms with E-state index in [1.54, 1.807) is 0 Å². The third-order valence-electron chi connectivity index (χ3n) is 3.61. The third-order valence-corrected chi connectivity index (χ3v) is 4.76. The van der Waals surface area contributed by atoms with E-state index in [9.17, 15) is 0 Å². The lowest BCUT2D eigenvalue weighted by Crippen LogP contribution is -1.97. The first-order valence-corrected chi connectivity index (χ1v) is 7.36. The maximum Gasteiger partial charge on any atom is 0.234 e. The Morgan fingerprint density at radius 1 is 1.05 bits per heavy atom. The van der Waals surface area contributed by atoms with Crippen LogP contribution in [0.25, 0.3) is 17.0 Å². The smallest absolute Gasteiger partial charge is 0.234 e. The number of fused-ring (bicyclic) bond motifs is 1. The monoisotopic (exact) mass is 329 g/mol. The van der Waals surface area contributed by atoms with Gasteiger partial charge in [0, 0.05) is 17.5 Å². The van der Waals surface area contributed by atoms with Crippen molar-refractivity contribution in [1.82, 2.24) is 14.4 Å². The van der Waals surface area contributed by atoms with Gasteiger partial charge in [0.2, 0.25) is 5.78 Å². The number of imidazole rings is 1. The van der Waals surface area contributed by atoms with Crippen LogP contribution >= 0.6 is 15.9 Å². The molecule has 1 aromatic carbocycles. The van der Waals surface area contributed by atoms with Crippen molar-refractivity contribution < 1.29 is 0 Å². The second-order valence-electron chi connectivity index (χ2n) is 5.21. The zero-order valence-corrected chi connectivity index (χ0v) is 13.6. The van der Waals surface area contributed by atoms with Crippen LogP contribution in [0.1, 0.15) is 22.5 Å². The predicted octanol–water partition coefficient (Wildman–Crippen LogP) is 4.39. The van der Waals surface area contributed by atoms with Crippen LogP contribution < -0.4 is 0 Å². The molecule has 0 spiro atoms.